The van der Waals surface area contributed by atoms with Crippen LogP contribution in [-0.4, -0.2) is 7.11 Å². The van der Waals surface area contributed by atoms with E-state index in [0.717, 1.165) is 25.0 Å². The van der Waals surface area contributed by atoms with Crippen LogP contribution in [0.2, 0.25) is 0 Å². The molecule has 1 saturated carbocycles. The number of hydrogen-bond donors (Lipinski definition) is 1. The predicted octanol–water partition coefficient (Wildman–Crippen LogP) is 4.67. The lowest BCUT2D eigenvalue weighted by Crippen LogP contribution is -2.39. The second kappa shape index (κ2) is 6.00. The summed E-state index contributed by atoms with van der Waals surface area (Å²) in [5.41, 5.74) is 10.5. The number of methoxy groups -OCH3 is 1. The van der Waals surface area contributed by atoms with E-state index < -0.39 is 0 Å². The van der Waals surface area contributed by atoms with Crippen molar-refractivity contribution in [3.05, 3.63) is 28.8 Å². The molecule has 2 N–H and O–H groups in total. The number of aryl methyl sites for hydroxylation is 1. The van der Waals surface area contributed by atoms with Gasteiger partial charge in [0.15, 0.2) is 0 Å². The minimum atomic E-state index is -0.214. The maximum atomic E-state index is 6.81. The van der Waals surface area contributed by atoms with Crippen molar-refractivity contribution in [2.75, 3.05) is 7.11 Å². The zero-order chi connectivity index (χ0) is 15.7. The molecule has 1 aliphatic rings. The molecule has 118 valence electrons. The van der Waals surface area contributed by atoms with Gasteiger partial charge < -0.3 is 10.5 Å². The Morgan fingerprint density at radius 3 is 2.24 bits per heavy atom. The van der Waals surface area contributed by atoms with Crippen LogP contribution in [0.15, 0.2) is 12.1 Å². The highest BCUT2D eigenvalue weighted by Gasteiger charge is 2.35. The lowest BCUT2D eigenvalue weighted by Gasteiger charge is -2.37. The predicted molar refractivity (Wildman–Crippen MR) is 90.0 cm³/mol. The zero-order valence-corrected chi connectivity index (χ0v) is 14.4. The van der Waals surface area contributed by atoms with E-state index in [9.17, 15) is 0 Å². The number of nitrogens with two attached hydrogens (primary N) is 1. The molecule has 1 aromatic rings. The molecule has 0 bridgehead atoms. The fraction of sp³-hybridized carbons (Fsp3) is 0.684. The quantitative estimate of drug-likeness (QED) is 0.877. The SMILES string of the molecule is CCc1cc(C(C)(C)C)c(OC)c(C2(N)CCCCC2)c1. The molecule has 1 aliphatic carbocycles. The number of ether oxygens (including phenoxy) is 1. The summed E-state index contributed by atoms with van der Waals surface area (Å²) >= 11 is 0. The van der Waals surface area contributed by atoms with Gasteiger partial charge in [0.25, 0.3) is 0 Å². The largest absolute Gasteiger partial charge is 0.496 e. The van der Waals surface area contributed by atoms with Crippen molar-refractivity contribution in [1.82, 2.24) is 0 Å². The van der Waals surface area contributed by atoms with Crippen LogP contribution >= 0.6 is 0 Å². The normalized spacial score (nSPS) is 18.6. The van der Waals surface area contributed by atoms with E-state index >= 15 is 0 Å². The summed E-state index contributed by atoms with van der Waals surface area (Å²) in [6.45, 7) is 8.95. The van der Waals surface area contributed by atoms with Crippen molar-refractivity contribution in [2.24, 2.45) is 5.73 Å². The fourth-order valence-corrected chi connectivity index (χ4v) is 3.49. The Balaban J connectivity index is 2.63. The second-order valence-corrected chi connectivity index (χ2v) is 7.54. The van der Waals surface area contributed by atoms with E-state index in [1.54, 1.807) is 7.11 Å². The summed E-state index contributed by atoms with van der Waals surface area (Å²) in [5, 5.41) is 0. The van der Waals surface area contributed by atoms with E-state index in [1.807, 2.05) is 0 Å². The first-order valence-corrected chi connectivity index (χ1v) is 8.32. The van der Waals surface area contributed by atoms with Crippen molar-refractivity contribution in [3.63, 3.8) is 0 Å². The van der Waals surface area contributed by atoms with Gasteiger partial charge in [-0.25, -0.2) is 0 Å². The number of hydrogen-bond acceptors (Lipinski definition) is 2. The summed E-state index contributed by atoms with van der Waals surface area (Å²) in [4.78, 5) is 0. The molecular weight excluding hydrogens is 258 g/mol. The zero-order valence-electron chi connectivity index (χ0n) is 14.4. The molecule has 1 aromatic carbocycles. The molecule has 2 heteroatoms. The van der Waals surface area contributed by atoms with E-state index in [-0.39, 0.29) is 11.0 Å². The summed E-state index contributed by atoms with van der Waals surface area (Å²) in [5.74, 6) is 1.02. The minimum absolute atomic E-state index is 0.0658. The van der Waals surface area contributed by atoms with Crippen molar-refractivity contribution in [2.45, 2.75) is 77.2 Å². The highest BCUT2D eigenvalue weighted by Crippen LogP contribution is 2.44. The van der Waals surface area contributed by atoms with Gasteiger partial charge >= 0.3 is 0 Å². The Bertz CT molecular complexity index is 493. The molecule has 0 unspecified atom stereocenters. The van der Waals surface area contributed by atoms with Crippen LogP contribution < -0.4 is 10.5 Å². The van der Waals surface area contributed by atoms with Gasteiger partial charge in [-0.2, -0.15) is 0 Å². The van der Waals surface area contributed by atoms with Gasteiger partial charge in [0, 0.05) is 16.7 Å². The Morgan fingerprint density at radius 2 is 1.76 bits per heavy atom. The van der Waals surface area contributed by atoms with Crippen LogP contribution in [0.25, 0.3) is 0 Å². The Morgan fingerprint density at radius 1 is 1.14 bits per heavy atom. The molecule has 0 saturated heterocycles. The fourth-order valence-electron chi connectivity index (χ4n) is 3.49. The monoisotopic (exact) mass is 289 g/mol. The Labute approximate surface area is 130 Å². The second-order valence-electron chi connectivity index (χ2n) is 7.54. The maximum Gasteiger partial charge on any atom is 0.127 e. The van der Waals surface area contributed by atoms with Crippen LogP contribution in [0.5, 0.6) is 5.75 Å². The maximum absolute atomic E-state index is 6.81. The van der Waals surface area contributed by atoms with Crippen molar-refractivity contribution < 1.29 is 4.74 Å². The molecule has 0 aliphatic heterocycles. The van der Waals surface area contributed by atoms with Crippen molar-refractivity contribution >= 4 is 0 Å². The van der Waals surface area contributed by atoms with Crippen LogP contribution in [0.3, 0.4) is 0 Å². The standard InChI is InChI=1S/C19H31NO/c1-6-14-12-15(18(2,3)4)17(21-5)16(13-14)19(20)10-8-7-9-11-19/h12-13H,6-11,20H2,1-5H3. The number of benzene rings is 1. The first-order valence-electron chi connectivity index (χ1n) is 8.32. The van der Waals surface area contributed by atoms with Gasteiger partial charge in [-0.3, -0.25) is 0 Å². The van der Waals surface area contributed by atoms with Gasteiger partial charge in [-0.1, -0.05) is 59.1 Å². The highest BCUT2D eigenvalue weighted by molar-refractivity contribution is 5.51. The average Bonchev–Trinajstić information content (AvgIpc) is 2.45. The summed E-state index contributed by atoms with van der Waals surface area (Å²) in [6.07, 6.45) is 6.93. The van der Waals surface area contributed by atoms with Gasteiger partial charge in [0.2, 0.25) is 0 Å². The molecule has 21 heavy (non-hydrogen) atoms. The van der Waals surface area contributed by atoms with Gasteiger partial charge in [0.05, 0.1) is 7.11 Å². The third-order valence-electron chi connectivity index (χ3n) is 4.85. The molecule has 1 fully saturated rings. The van der Waals surface area contributed by atoms with Crippen molar-refractivity contribution in [3.8, 4) is 5.75 Å². The molecule has 0 heterocycles. The van der Waals surface area contributed by atoms with Crippen LogP contribution in [0.1, 0.15) is 76.5 Å². The van der Waals surface area contributed by atoms with Crippen LogP contribution in [-0.2, 0) is 17.4 Å². The van der Waals surface area contributed by atoms with E-state index in [1.165, 1.54) is 36.0 Å². The van der Waals surface area contributed by atoms with Gasteiger partial charge in [-0.15, -0.1) is 0 Å². The lowest BCUT2D eigenvalue weighted by molar-refractivity contribution is 0.286. The Hall–Kier alpha value is -1.02. The summed E-state index contributed by atoms with van der Waals surface area (Å²) in [6, 6.07) is 4.59. The summed E-state index contributed by atoms with van der Waals surface area (Å²) in [7, 11) is 1.78. The topological polar surface area (TPSA) is 35.2 Å². The molecular formula is C19H31NO. The third-order valence-corrected chi connectivity index (χ3v) is 4.85. The molecule has 0 aromatic heterocycles. The minimum Gasteiger partial charge on any atom is -0.496 e. The first kappa shape index (κ1) is 16.4. The number of rotatable bonds is 3. The van der Waals surface area contributed by atoms with E-state index in [4.69, 9.17) is 10.5 Å². The highest BCUT2D eigenvalue weighted by atomic mass is 16.5. The van der Waals surface area contributed by atoms with Crippen molar-refractivity contribution in [1.29, 1.82) is 0 Å². The van der Waals surface area contributed by atoms with Crippen LogP contribution in [0.4, 0.5) is 0 Å². The smallest absolute Gasteiger partial charge is 0.127 e. The van der Waals surface area contributed by atoms with Gasteiger partial charge in [-0.05, 0) is 30.2 Å². The molecule has 0 radical (unpaired) electrons. The third kappa shape index (κ3) is 3.26. The molecule has 0 amide bonds. The summed E-state index contributed by atoms with van der Waals surface area (Å²) < 4.78 is 5.84. The average molecular weight is 289 g/mol. The van der Waals surface area contributed by atoms with E-state index in [0.29, 0.717) is 0 Å². The molecule has 0 atom stereocenters. The molecule has 2 nitrogen and oxygen atoms in total. The molecule has 0 spiro atoms. The van der Waals surface area contributed by atoms with Crippen LogP contribution in [0, 0.1) is 0 Å². The van der Waals surface area contributed by atoms with E-state index in [2.05, 4.69) is 39.8 Å². The molecule has 2 rings (SSSR count). The Kier molecular flexibility index (Phi) is 4.67. The lowest BCUT2D eigenvalue weighted by atomic mass is 9.74. The van der Waals surface area contributed by atoms with Gasteiger partial charge in [0.1, 0.15) is 5.75 Å². The first-order chi connectivity index (χ1) is 9.81.